The second kappa shape index (κ2) is 10.7. The van der Waals surface area contributed by atoms with Crippen molar-refractivity contribution in [3.8, 4) is 0 Å². The lowest BCUT2D eigenvalue weighted by molar-refractivity contribution is -0.130. The summed E-state index contributed by atoms with van der Waals surface area (Å²) in [6.45, 7) is 8.05. The molecule has 1 amide bonds. The lowest BCUT2D eigenvalue weighted by Gasteiger charge is -2.18. The van der Waals surface area contributed by atoms with Gasteiger partial charge in [-0.1, -0.05) is 36.9 Å². The molecule has 31 heavy (non-hydrogen) atoms. The first-order valence-corrected chi connectivity index (χ1v) is 10.7. The quantitative estimate of drug-likeness (QED) is 0.428. The molecule has 2 aromatic carbocycles. The van der Waals surface area contributed by atoms with Gasteiger partial charge in [-0.15, -0.1) is 0 Å². The molecule has 0 aliphatic carbocycles. The third-order valence-corrected chi connectivity index (χ3v) is 5.81. The number of anilines is 1. The Morgan fingerprint density at radius 2 is 2.16 bits per heavy atom. The van der Waals surface area contributed by atoms with Crippen molar-refractivity contribution in [3.05, 3.63) is 83.7 Å². The zero-order valence-electron chi connectivity index (χ0n) is 18.0. The normalized spacial score (nSPS) is 16.3. The molecule has 162 valence electrons. The van der Waals surface area contributed by atoms with Crippen molar-refractivity contribution in [2.45, 2.75) is 26.2 Å². The predicted octanol–water partition coefficient (Wildman–Crippen LogP) is 5.31. The summed E-state index contributed by atoms with van der Waals surface area (Å²) in [5.74, 6) is 0.233. The van der Waals surface area contributed by atoms with Crippen LogP contribution >= 0.6 is 0 Å². The monoisotopic (exact) mass is 419 g/mol. The molecule has 0 bridgehead atoms. The highest BCUT2D eigenvalue weighted by Crippen LogP contribution is 2.24. The van der Waals surface area contributed by atoms with Crippen LogP contribution < -0.4 is 5.32 Å². The molecule has 1 atom stereocenters. The van der Waals surface area contributed by atoms with E-state index in [4.69, 9.17) is 5.41 Å². The highest BCUT2D eigenvalue weighted by Gasteiger charge is 2.25. The van der Waals surface area contributed by atoms with Gasteiger partial charge in [0.15, 0.2) is 0 Å². The average Bonchev–Trinajstić information content (AvgIpc) is 3.26. The Morgan fingerprint density at radius 1 is 1.32 bits per heavy atom. The SMILES string of the molecule is C=C/C(=C\C)c1ccc(NCC2CCN(C(=O)CCc3cccc(F)c3)C2)c(C=N)c1. The van der Waals surface area contributed by atoms with Crippen molar-refractivity contribution >= 4 is 23.4 Å². The van der Waals surface area contributed by atoms with Crippen molar-refractivity contribution in [1.29, 1.82) is 5.41 Å². The molecule has 1 fully saturated rings. The molecule has 0 aromatic heterocycles. The van der Waals surface area contributed by atoms with E-state index in [1.54, 1.807) is 6.07 Å². The Morgan fingerprint density at radius 3 is 2.87 bits per heavy atom. The average molecular weight is 420 g/mol. The fourth-order valence-corrected chi connectivity index (χ4v) is 4.01. The van der Waals surface area contributed by atoms with Crippen LogP contribution in [0.15, 0.2) is 61.2 Å². The molecule has 1 heterocycles. The second-order valence-corrected chi connectivity index (χ2v) is 7.90. The van der Waals surface area contributed by atoms with E-state index in [0.29, 0.717) is 18.8 Å². The van der Waals surface area contributed by atoms with Crippen LogP contribution in [0.1, 0.15) is 36.5 Å². The van der Waals surface area contributed by atoms with Gasteiger partial charge in [0, 0.05) is 43.5 Å². The molecule has 0 spiro atoms. The van der Waals surface area contributed by atoms with Crippen molar-refractivity contribution in [2.75, 3.05) is 25.0 Å². The molecule has 0 saturated carbocycles. The standard InChI is InChI=1S/C26H30FN3O/c1-3-21(4-2)22-9-10-25(23(15-22)16-28)29-17-20-12-13-30(18-20)26(31)11-8-19-6-5-7-24(27)14-19/h3-7,9-10,14-16,20,28-29H,1,8,11-13,17-18H2,2H3/b21-4+,28-16?. The number of amides is 1. The number of halogens is 1. The fraction of sp³-hybridized carbons (Fsp3) is 0.308. The summed E-state index contributed by atoms with van der Waals surface area (Å²) < 4.78 is 13.3. The van der Waals surface area contributed by atoms with Crippen molar-refractivity contribution in [2.24, 2.45) is 5.92 Å². The summed E-state index contributed by atoms with van der Waals surface area (Å²) in [4.78, 5) is 14.5. The molecule has 2 N–H and O–H groups in total. The summed E-state index contributed by atoms with van der Waals surface area (Å²) in [6, 6.07) is 12.5. The minimum Gasteiger partial charge on any atom is -0.384 e. The molecule has 1 aliphatic heterocycles. The molecule has 3 rings (SSSR count). The maximum atomic E-state index is 13.3. The second-order valence-electron chi connectivity index (χ2n) is 7.90. The van der Waals surface area contributed by atoms with Crippen LogP contribution in [-0.2, 0) is 11.2 Å². The van der Waals surface area contributed by atoms with Gasteiger partial charge in [0.1, 0.15) is 5.82 Å². The van der Waals surface area contributed by atoms with Crippen molar-refractivity contribution in [3.63, 3.8) is 0 Å². The van der Waals surface area contributed by atoms with E-state index < -0.39 is 0 Å². The molecule has 1 saturated heterocycles. The van der Waals surface area contributed by atoms with Crippen LogP contribution in [0.5, 0.6) is 0 Å². The number of hydrogen-bond donors (Lipinski definition) is 2. The Hall–Kier alpha value is -3.21. The van der Waals surface area contributed by atoms with Gasteiger partial charge in [-0.25, -0.2) is 4.39 Å². The number of nitrogens with one attached hydrogen (secondary N) is 2. The van der Waals surface area contributed by atoms with Gasteiger partial charge in [0.25, 0.3) is 0 Å². The number of hydrogen-bond acceptors (Lipinski definition) is 3. The first kappa shape index (κ1) is 22.5. The van der Waals surface area contributed by atoms with Crippen LogP contribution in [0, 0.1) is 17.1 Å². The van der Waals surface area contributed by atoms with E-state index >= 15 is 0 Å². The van der Waals surface area contributed by atoms with E-state index in [1.165, 1.54) is 18.3 Å². The highest BCUT2D eigenvalue weighted by molar-refractivity contribution is 5.88. The Bertz CT molecular complexity index is 982. The predicted molar refractivity (Wildman–Crippen MR) is 126 cm³/mol. The maximum absolute atomic E-state index is 13.3. The summed E-state index contributed by atoms with van der Waals surface area (Å²) in [6.07, 6.45) is 7.09. The Kier molecular flexibility index (Phi) is 7.76. The van der Waals surface area contributed by atoms with E-state index in [2.05, 4.69) is 11.9 Å². The van der Waals surface area contributed by atoms with Gasteiger partial charge in [0.05, 0.1) is 0 Å². The zero-order valence-corrected chi connectivity index (χ0v) is 18.0. The topological polar surface area (TPSA) is 56.2 Å². The highest BCUT2D eigenvalue weighted by atomic mass is 19.1. The molecular formula is C26H30FN3O. The lowest BCUT2D eigenvalue weighted by Crippen LogP contribution is -2.30. The first-order chi connectivity index (χ1) is 15.0. The van der Waals surface area contributed by atoms with Gasteiger partial charge in [-0.2, -0.15) is 0 Å². The zero-order chi connectivity index (χ0) is 22.2. The Balaban J connectivity index is 1.51. The van der Waals surface area contributed by atoms with Gasteiger partial charge in [-0.3, -0.25) is 4.79 Å². The van der Waals surface area contributed by atoms with Gasteiger partial charge < -0.3 is 15.6 Å². The van der Waals surface area contributed by atoms with Crippen LogP contribution in [-0.4, -0.2) is 36.7 Å². The molecule has 5 heteroatoms. The Labute approximate surface area is 184 Å². The van der Waals surface area contributed by atoms with Gasteiger partial charge in [0.2, 0.25) is 5.91 Å². The van der Waals surface area contributed by atoms with Crippen LogP contribution in [0.25, 0.3) is 5.57 Å². The number of likely N-dealkylation sites (tertiary alicyclic amines) is 1. The number of carbonyl (C=O) groups excluding carboxylic acids is 1. The van der Waals surface area contributed by atoms with E-state index in [0.717, 1.165) is 54.0 Å². The first-order valence-electron chi connectivity index (χ1n) is 10.7. The minimum absolute atomic E-state index is 0.125. The van der Waals surface area contributed by atoms with Crippen LogP contribution in [0.2, 0.25) is 0 Å². The molecular weight excluding hydrogens is 389 g/mol. The van der Waals surface area contributed by atoms with E-state index in [1.807, 2.05) is 48.2 Å². The number of rotatable bonds is 9. The summed E-state index contributed by atoms with van der Waals surface area (Å²) in [5, 5.41) is 11.2. The largest absolute Gasteiger partial charge is 0.384 e. The third kappa shape index (κ3) is 5.91. The van der Waals surface area contributed by atoms with Crippen LogP contribution in [0.3, 0.4) is 0 Å². The number of benzene rings is 2. The number of aryl methyl sites for hydroxylation is 1. The fourth-order valence-electron chi connectivity index (χ4n) is 4.01. The minimum atomic E-state index is -0.263. The smallest absolute Gasteiger partial charge is 0.222 e. The van der Waals surface area contributed by atoms with Crippen molar-refractivity contribution in [1.82, 2.24) is 4.90 Å². The summed E-state index contributed by atoms with van der Waals surface area (Å²) in [7, 11) is 0. The van der Waals surface area contributed by atoms with Crippen LogP contribution in [0.4, 0.5) is 10.1 Å². The van der Waals surface area contributed by atoms with E-state index in [-0.39, 0.29) is 11.7 Å². The summed E-state index contributed by atoms with van der Waals surface area (Å²) >= 11 is 0. The molecule has 2 aromatic rings. The molecule has 0 radical (unpaired) electrons. The maximum Gasteiger partial charge on any atom is 0.222 e. The van der Waals surface area contributed by atoms with E-state index in [9.17, 15) is 9.18 Å². The van der Waals surface area contributed by atoms with Gasteiger partial charge in [-0.05, 0) is 66.6 Å². The van der Waals surface area contributed by atoms with Gasteiger partial charge >= 0.3 is 0 Å². The molecule has 4 nitrogen and oxygen atoms in total. The number of allylic oxidation sites excluding steroid dienone is 3. The molecule has 1 unspecified atom stereocenters. The molecule has 1 aliphatic rings. The number of carbonyl (C=O) groups is 1. The third-order valence-electron chi connectivity index (χ3n) is 5.81. The van der Waals surface area contributed by atoms with Crippen molar-refractivity contribution < 1.29 is 9.18 Å². The lowest BCUT2D eigenvalue weighted by atomic mass is 10.0. The summed E-state index contributed by atoms with van der Waals surface area (Å²) in [5.41, 5.74) is 4.69. The number of nitrogens with zero attached hydrogens (tertiary/aromatic N) is 1.